The highest BCUT2D eigenvalue weighted by Gasteiger charge is 2.06. The molecule has 0 radical (unpaired) electrons. The van der Waals surface area contributed by atoms with Crippen molar-refractivity contribution in [2.24, 2.45) is 5.92 Å². The van der Waals surface area contributed by atoms with Gasteiger partial charge in [-0.3, -0.25) is 4.79 Å². The summed E-state index contributed by atoms with van der Waals surface area (Å²) >= 11 is 0. The first kappa shape index (κ1) is 16.7. The SMILES string of the molecule is Cc1nc(NCCNC(=O)C(C)C)cc(Nc2ccccn2)n1. The van der Waals surface area contributed by atoms with Gasteiger partial charge in [0.05, 0.1) is 0 Å². The number of anilines is 3. The molecule has 1 amide bonds. The summed E-state index contributed by atoms with van der Waals surface area (Å²) in [5.41, 5.74) is 0. The van der Waals surface area contributed by atoms with Gasteiger partial charge in [0, 0.05) is 31.3 Å². The second-order valence-corrected chi connectivity index (χ2v) is 5.40. The largest absolute Gasteiger partial charge is 0.368 e. The molecule has 0 atom stereocenters. The molecule has 122 valence electrons. The van der Waals surface area contributed by atoms with E-state index in [1.54, 1.807) is 6.20 Å². The van der Waals surface area contributed by atoms with Crippen molar-refractivity contribution in [1.29, 1.82) is 0 Å². The minimum atomic E-state index is -0.00882. The van der Waals surface area contributed by atoms with E-state index in [-0.39, 0.29) is 11.8 Å². The number of carbonyl (C=O) groups excluding carboxylic acids is 1. The van der Waals surface area contributed by atoms with Crippen molar-refractivity contribution in [3.63, 3.8) is 0 Å². The maximum Gasteiger partial charge on any atom is 0.222 e. The molecule has 3 N–H and O–H groups in total. The molecule has 0 bridgehead atoms. The number of amides is 1. The molecule has 7 nitrogen and oxygen atoms in total. The molecule has 0 saturated heterocycles. The molecular formula is C16H22N6O. The van der Waals surface area contributed by atoms with Crippen molar-refractivity contribution in [3.8, 4) is 0 Å². The zero-order chi connectivity index (χ0) is 16.7. The van der Waals surface area contributed by atoms with Gasteiger partial charge in [-0.25, -0.2) is 15.0 Å². The summed E-state index contributed by atoms with van der Waals surface area (Å²) in [4.78, 5) is 24.4. The van der Waals surface area contributed by atoms with Crippen molar-refractivity contribution < 1.29 is 4.79 Å². The Balaban J connectivity index is 1.91. The van der Waals surface area contributed by atoms with Gasteiger partial charge >= 0.3 is 0 Å². The molecule has 23 heavy (non-hydrogen) atoms. The van der Waals surface area contributed by atoms with Gasteiger partial charge in [-0.2, -0.15) is 0 Å². The summed E-state index contributed by atoms with van der Waals surface area (Å²) in [5.74, 6) is 2.79. The first-order valence-corrected chi connectivity index (χ1v) is 7.60. The lowest BCUT2D eigenvalue weighted by atomic mass is 10.2. The lowest BCUT2D eigenvalue weighted by Crippen LogP contribution is -2.32. The fraction of sp³-hybridized carbons (Fsp3) is 0.375. The molecule has 2 aromatic heterocycles. The summed E-state index contributed by atoms with van der Waals surface area (Å²) in [6, 6.07) is 7.44. The molecule has 2 rings (SSSR count). The zero-order valence-corrected chi connectivity index (χ0v) is 13.6. The predicted molar refractivity (Wildman–Crippen MR) is 90.6 cm³/mol. The number of hydrogen-bond donors (Lipinski definition) is 3. The number of pyridine rings is 1. The van der Waals surface area contributed by atoms with E-state index >= 15 is 0 Å². The van der Waals surface area contributed by atoms with Crippen LogP contribution < -0.4 is 16.0 Å². The lowest BCUT2D eigenvalue weighted by Gasteiger charge is -2.11. The number of carbonyl (C=O) groups is 1. The summed E-state index contributed by atoms with van der Waals surface area (Å²) in [6.45, 7) is 6.70. The molecule has 7 heteroatoms. The molecule has 0 aliphatic heterocycles. The van der Waals surface area contributed by atoms with Crippen LogP contribution in [0.3, 0.4) is 0 Å². The fourth-order valence-electron chi connectivity index (χ4n) is 1.87. The highest BCUT2D eigenvalue weighted by atomic mass is 16.1. The Labute approximate surface area is 136 Å². The van der Waals surface area contributed by atoms with Gasteiger partial charge in [0.2, 0.25) is 5.91 Å². The standard InChI is InChI=1S/C16H22N6O/c1-11(2)16(23)19-9-8-18-14-10-15(21-12(3)20-14)22-13-6-4-5-7-17-13/h4-7,10-11H,8-9H2,1-3H3,(H,19,23)(H2,17,18,20,21,22). The van der Waals surface area contributed by atoms with Crippen molar-refractivity contribution >= 4 is 23.4 Å². The highest BCUT2D eigenvalue weighted by Crippen LogP contribution is 2.15. The Bertz CT molecular complexity index is 644. The average molecular weight is 314 g/mol. The number of hydrogen-bond acceptors (Lipinski definition) is 6. The van der Waals surface area contributed by atoms with E-state index in [2.05, 4.69) is 30.9 Å². The molecule has 0 unspecified atom stereocenters. The third kappa shape index (κ3) is 5.54. The molecule has 0 spiro atoms. The normalized spacial score (nSPS) is 10.4. The van der Waals surface area contributed by atoms with Crippen LogP contribution in [0.25, 0.3) is 0 Å². The zero-order valence-electron chi connectivity index (χ0n) is 13.6. The van der Waals surface area contributed by atoms with Gasteiger partial charge in [-0.1, -0.05) is 19.9 Å². The van der Waals surface area contributed by atoms with Gasteiger partial charge in [-0.15, -0.1) is 0 Å². The van der Waals surface area contributed by atoms with E-state index in [1.807, 2.05) is 45.0 Å². The van der Waals surface area contributed by atoms with Crippen molar-refractivity contribution in [2.45, 2.75) is 20.8 Å². The summed E-state index contributed by atoms with van der Waals surface area (Å²) in [5, 5.41) is 9.17. The van der Waals surface area contributed by atoms with Crippen LogP contribution in [0.5, 0.6) is 0 Å². The van der Waals surface area contributed by atoms with E-state index in [0.717, 1.165) is 5.82 Å². The van der Waals surface area contributed by atoms with Crippen LogP contribution in [0.4, 0.5) is 17.5 Å². The third-order valence-electron chi connectivity index (χ3n) is 3.01. The van der Waals surface area contributed by atoms with Gasteiger partial charge < -0.3 is 16.0 Å². The maximum absolute atomic E-state index is 11.5. The molecule has 2 aromatic rings. The van der Waals surface area contributed by atoms with E-state index < -0.39 is 0 Å². The highest BCUT2D eigenvalue weighted by molar-refractivity contribution is 5.77. The first-order valence-electron chi connectivity index (χ1n) is 7.60. The van der Waals surface area contributed by atoms with Crippen LogP contribution in [-0.4, -0.2) is 33.9 Å². The van der Waals surface area contributed by atoms with E-state index in [4.69, 9.17) is 0 Å². The first-order chi connectivity index (χ1) is 11.0. The molecule has 0 aliphatic rings. The smallest absolute Gasteiger partial charge is 0.222 e. The van der Waals surface area contributed by atoms with Gasteiger partial charge in [0.1, 0.15) is 23.3 Å². The minimum Gasteiger partial charge on any atom is -0.368 e. The van der Waals surface area contributed by atoms with Crippen molar-refractivity contribution in [1.82, 2.24) is 20.3 Å². The molecule has 0 saturated carbocycles. The minimum absolute atomic E-state index is 0.00882. The van der Waals surface area contributed by atoms with E-state index in [0.29, 0.717) is 30.5 Å². The fourth-order valence-corrected chi connectivity index (χ4v) is 1.87. The predicted octanol–water partition coefficient (Wildman–Crippen LogP) is 2.11. The molecule has 0 aromatic carbocycles. The average Bonchev–Trinajstić information content (AvgIpc) is 2.51. The lowest BCUT2D eigenvalue weighted by molar-refractivity contribution is -0.123. The van der Waals surface area contributed by atoms with Gasteiger partial charge in [0.15, 0.2) is 0 Å². The Morgan fingerprint density at radius 2 is 1.91 bits per heavy atom. The van der Waals surface area contributed by atoms with Gasteiger partial charge in [-0.05, 0) is 19.1 Å². The molecule has 0 fully saturated rings. The second-order valence-electron chi connectivity index (χ2n) is 5.40. The quantitative estimate of drug-likeness (QED) is 0.678. The maximum atomic E-state index is 11.5. The summed E-state index contributed by atoms with van der Waals surface area (Å²) in [6.07, 6.45) is 1.72. The number of nitrogens with one attached hydrogen (secondary N) is 3. The van der Waals surface area contributed by atoms with E-state index in [9.17, 15) is 4.79 Å². The number of aryl methyl sites for hydroxylation is 1. The van der Waals surface area contributed by atoms with Crippen molar-refractivity contribution in [2.75, 3.05) is 23.7 Å². The summed E-state index contributed by atoms with van der Waals surface area (Å²) in [7, 11) is 0. The van der Waals surface area contributed by atoms with Crippen LogP contribution in [0.1, 0.15) is 19.7 Å². The number of aromatic nitrogens is 3. The molecule has 2 heterocycles. The topological polar surface area (TPSA) is 91.8 Å². The van der Waals surface area contributed by atoms with Crippen LogP contribution in [0.15, 0.2) is 30.5 Å². The van der Waals surface area contributed by atoms with Crippen LogP contribution in [0.2, 0.25) is 0 Å². The second kappa shape index (κ2) is 8.07. The monoisotopic (exact) mass is 314 g/mol. The van der Waals surface area contributed by atoms with Crippen LogP contribution in [-0.2, 0) is 4.79 Å². The third-order valence-corrected chi connectivity index (χ3v) is 3.01. The molecular weight excluding hydrogens is 292 g/mol. The Hall–Kier alpha value is -2.70. The Morgan fingerprint density at radius 1 is 1.13 bits per heavy atom. The van der Waals surface area contributed by atoms with Crippen molar-refractivity contribution in [3.05, 3.63) is 36.3 Å². The van der Waals surface area contributed by atoms with E-state index in [1.165, 1.54) is 0 Å². The van der Waals surface area contributed by atoms with Gasteiger partial charge in [0.25, 0.3) is 0 Å². The molecule has 0 aliphatic carbocycles. The van der Waals surface area contributed by atoms with Crippen LogP contribution in [0, 0.1) is 12.8 Å². The van der Waals surface area contributed by atoms with Crippen LogP contribution >= 0.6 is 0 Å². The number of rotatable bonds is 7. The Morgan fingerprint density at radius 3 is 2.61 bits per heavy atom. The Kier molecular flexibility index (Phi) is 5.85. The number of nitrogens with zero attached hydrogens (tertiary/aromatic N) is 3. The summed E-state index contributed by atoms with van der Waals surface area (Å²) < 4.78 is 0.